The Morgan fingerprint density at radius 1 is 1.42 bits per heavy atom. The van der Waals surface area contributed by atoms with Gasteiger partial charge in [0.2, 0.25) is 0 Å². The zero-order valence-corrected chi connectivity index (χ0v) is 6.73. The van der Waals surface area contributed by atoms with E-state index >= 15 is 0 Å². The van der Waals surface area contributed by atoms with E-state index in [1.165, 1.54) is 6.07 Å². The number of nitrogens with two attached hydrogens (primary N) is 1. The second-order valence-electron chi connectivity index (χ2n) is 3.06. The average molecular weight is 166 g/mol. The quantitative estimate of drug-likeness (QED) is 0.576. The van der Waals surface area contributed by atoms with Gasteiger partial charge >= 0.3 is 0 Å². The number of halogens is 1. The zero-order valence-electron chi connectivity index (χ0n) is 6.73. The van der Waals surface area contributed by atoms with Crippen LogP contribution in [0.2, 0.25) is 0 Å². The molecule has 1 aromatic rings. The van der Waals surface area contributed by atoms with Gasteiger partial charge in [0.15, 0.2) is 0 Å². The molecule has 2 nitrogen and oxygen atoms in total. The molecule has 1 aliphatic heterocycles. The summed E-state index contributed by atoms with van der Waals surface area (Å²) in [5.74, 6) is -0.330. The first-order valence-electron chi connectivity index (χ1n) is 4.09. The van der Waals surface area contributed by atoms with Gasteiger partial charge in [-0.1, -0.05) is 0 Å². The molecule has 1 aliphatic rings. The van der Waals surface area contributed by atoms with Crippen LogP contribution in [0.25, 0.3) is 0 Å². The molecule has 0 radical (unpaired) electrons. The fraction of sp³-hybridized carbons (Fsp3) is 0.333. The molecule has 0 bridgehead atoms. The van der Waals surface area contributed by atoms with E-state index in [2.05, 4.69) is 5.32 Å². The number of nitrogens with one attached hydrogen (secondary N) is 1. The molecule has 12 heavy (non-hydrogen) atoms. The van der Waals surface area contributed by atoms with Gasteiger partial charge in [-0.15, -0.1) is 0 Å². The highest BCUT2D eigenvalue weighted by atomic mass is 19.1. The van der Waals surface area contributed by atoms with Crippen molar-refractivity contribution >= 4 is 11.4 Å². The number of anilines is 2. The van der Waals surface area contributed by atoms with Crippen LogP contribution < -0.4 is 11.1 Å². The van der Waals surface area contributed by atoms with Crippen LogP contribution in [-0.4, -0.2) is 6.54 Å². The molecule has 0 aliphatic carbocycles. The topological polar surface area (TPSA) is 38.0 Å². The van der Waals surface area contributed by atoms with Crippen molar-refractivity contribution in [3.63, 3.8) is 0 Å². The van der Waals surface area contributed by atoms with Crippen LogP contribution in [-0.2, 0) is 6.42 Å². The predicted molar refractivity (Wildman–Crippen MR) is 47.6 cm³/mol. The lowest BCUT2D eigenvalue weighted by molar-refractivity contribution is 0.631. The Hall–Kier alpha value is -1.25. The Morgan fingerprint density at radius 2 is 2.25 bits per heavy atom. The number of benzene rings is 1. The van der Waals surface area contributed by atoms with Gasteiger partial charge in [0.25, 0.3) is 0 Å². The van der Waals surface area contributed by atoms with Crippen LogP contribution in [0.3, 0.4) is 0 Å². The maximum absolute atomic E-state index is 12.9. The van der Waals surface area contributed by atoms with Crippen molar-refractivity contribution in [1.29, 1.82) is 0 Å². The first kappa shape index (κ1) is 7.40. The van der Waals surface area contributed by atoms with Crippen molar-refractivity contribution in [3.8, 4) is 0 Å². The highest BCUT2D eigenvalue weighted by Crippen LogP contribution is 2.26. The summed E-state index contributed by atoms with van der Waals surface area (Å²) in [6, 6.07) is 3.20. The summed E-state index contributed by atoms with van der Waals surface area (Å²) in [6.07, 6.45) is 2.09. The minimum atomic E-state index is -0.330. The van der Waals surface area contributed by atoms with E-state index in [4.69, 9.17) is 5.73 Å². The fourth-order valence-electron chi connectivity index (χ4n) is 1.51. The first-order chi connectivity index (χ1) is 5.77. The second-order valence-corrected chi connectivity index (χ2v) is 3.06. The van der Waals surface area contributed by atoms with Crippen LogP contribution in [0, 0.1) is 5.82 Å². The Balaban J connectivity index is 2.49. The molecule has 1 heterocycles. The van der Waals surface area contributed by atoms with E-state index in [1.54, 1.807) is 6.07 Å². The van der Waals surface area contributed by atoms with Gasteiger partial charge in [0.1, 0.15) is 5.82 Å². The Labute approximate surface area is 70.6 Å². The third kappa shape index (κ3) is 1.11. The van der Waals surface area contributed by atoms with Crippen LogP contribution >= 0.6 is 0 Å². The molecule has 0 unspecified atom stereocenters. The number of hydrogen-bond acceptors (Lipinski definition) is 2. The van der Waals surface area contributed by atoms with Gasteiger partial charge < -0.3 is 11.1 Å². The molecule has 0 amide bonds. The number of fused-ring (bicyclic) bond motifs is 1. The molecule has 0 spiro atoms. The Morgan fingerprint density at radius 3 is 3.08 bits per heavy atom. The number of rotatable bonds is 0. The van der Waals surface area contributed by atoms with Crippen molar-refractivity contribution in [1.82, 2.24) is 0 Å². The summed E-state index contributed by atoms with van der Waals surface area (Å²) in [5.41, 5.74) is 7.71. The zero-order chi connectivity index (χ0) is 8.55. The predicted octanol–water partition coefficient (Wildman–Crippen LogP) is 1.77. The summed E-state index contributed by atoms with van der Waals surface area (Å²) in [7, 11) is 0. The van der Waals surface area contributed by atoms with Crippen LogP contribution in [0.1, 0.15) is 12.0 Å². The second kappa shape index (κ2) is 2.66. The molecular weight excluding hydrogens is 155 g/mol. The smallest absolute Gasteiger partial charge is 0.148 e. The highest BCUT2D eigenvalue weighted by Gasteiger charge is 2.10. The minimum absolute atomic E-state index is 0.248. The largest absolute Gasteiger partial charge is 0.396 e. The lowest BCUT2D eigenvalue weighted by atomic mass is 10.0. The van der Waals surface area contributed by atoms with Gasteiger partial charge in [-0.2, -0.15) is 0 Å². The van der Waals surface area contributed by atoms with Crippen LogP contribution in [0.4, 0.5) is 15.8 Å². The molecule has 64 valence electrons. The first-order valence-corrected chi connectivity index (χ1v) is 4.09. The third-order valence-electron chi connectivity index (χ3n) is 2.16. The Bertz CT molecular complexity index is 279. The lowest BCUT2D eigenvalue weighted by Crippen LogP contribution is -2.12. The van der Waals surface area contributed by atoms with E-state index in [0.29, 0.717) is 0 Å². The summed E-state index contributed by atoms with van der Waals surface area (Å²) < 4.78 is 12.9. The molecule has 0 saturated carbocycles. The summed E-state index contributed by atoms with van der Waals surface area (Å²) in [5, 5.41) is 3.14. The highest BCUT2D eigenvalue weighted by molar-refractivity contribution is 5.60. The third-order valence-corrected chi connectivity index (χ3v) is 2.16. The van der Waals surface area contributed by atoms with Crippen LogP contribution in [0.5, 0.6) is 0 Å². The molecule has 3 N–H and O–H groups in total. The number of nitrogen functional groups attached to an aromatic ring is 1. The number of aryl methyl sites for hydroxylation is 1. The van der Waals surface area contributed by atoms with E-state index < -0.39 is 0 Å². The van der Waals surface area contributed by atoms with Gasteiger partial charge in [-0.3, -0.25) is 0 Å². The molecule has 0 fully saturated rings. The van der Waals surface area contributed by atoms with Crippen molar-refractivity contribution in [2.45, 2.75) is 12.8 Å². The van der Waals surface area contributed by atoms with Gasteiger partial charge in [0.05, 0.1) is 5.69 Å². The minimum Gasteiger partial charge on any atom is -0.396 e. The normalized spacial score (nSPS) is 15.1. The van der Waals surface area contributed by atoms with E-state index in [-0.39, 0.29) is 11.5 Å². The van der Waals surface area contributed by atoms with Gasteiger partial charge in [-0.05, 0) is 30.5 Å². The molecule has 2 rings (SSSR count). The van der Waals surface area contributed by atoms with Gasteiger partial charge in [0, 0.05) is 12.2 Å². The maximum atomic E-state index is 12.9. The molecule has 0 aromatic heterocycles. The fourth-order valence-corrected chi connectivity index (χ4v) is 1.51. The van der Waals surface area contributed by atoms with Crippen molar-refractivity contribution in [2.75, 3.05) is 17.6 Å². The standard InChI is InChI=1S/C9H11FN2/c10-7-5-9-6(4-8(7)11)2-1-3-12-9/h4-5,12H,1-3,11H2. The summed E-state index contributed by atoms with van der Waals surface area (Å²) >= 11 is 0. The SMILES string of the molecule is Nc1cc2c(cc1F)NCCC2. The monoisotopic (exact) mass is 166 g/mol. The molecule has 0 atom stereocenters. The summed E-state index contributed by atoms with van der Waals surface area (Å²) in [6.45, 7) is 0.927. The average Bonchev–Trinajstić information content (AvgIpc) is 2.07. The van der Waals surface area contributed by atoms with Gasteiger partial charge in [-0.25, -0.2) is 4.39 Å². The van der Waals surface area contributed by atoms with E-state index in [1.807, 2.05) is 0 Å². The molecule has 3 heteroatoms. The molecular formula is C9H11FN2. The van der Waals surface area contributed by atoms with Crippen molar-refractivity contribution < 1.29 is 4.39 Å². The molecule has 0 saturated heterocycles. The van der Waals surface area contributed by atoms with Crippen molar-refractivity contribution in [3.05, 3.63) is 23.5 Å². The lowest BCUT2D eigenvalue weighted by Gasteiger charge is -2.18. The summed E-state index contributed by atoms with van der Waals surface area (Å²) in [4.78, 5) is 0. The number of hydrogen-bond donors (Lipinski definition) is 2. The molecule has 1 aromatic carbocycles. The van der Waals surface area contributed by atoms with Crippen LogP contribution in [0.15, 0.2) is 12.1 Å². The van der Waals surface area contributed by atoms with Crippen molar-refractivity contribution in [2.24, 2.45) is 0 Å². The van der Waals surface area contributed by atoms with E-state index in [9.17, 15) is 4.39 Å². The van der Waals surface area contributed by atoms with E-state index in [0.717, 1.165) is 30.6 Å². The maximum Gasteiger partial charge on any atom is 0.148 e. The Kier molecular flexibility index (Phi) is 1.64.